The quantitative estimate of drug-likeness (QED) is 0.654. The standard InChI is InChI=1S/C10H22N2O/c1-10(11,8-13)7-12(2)6-9-4-3-5-9/h9,13H,3-8,11H2,1-2H3. The van der Waals surface area contributed by atoms with E-state index in [1.165, 1.54) is 19.3 Å². The highest BCUT2D eigenvalue weighted by molar-refractivity contribution is 4.82. The minimum atomic E-state index is -0.446. The van der Waals surface area contributed by atoms with E-state index < -0.39 is 5.54 Å². The number of rotatable bonds is 5. The maximum absolute atomic E-state index is 9.00. The van der Waals surface area contributed by atoms with Gasteiger partial charge in [0, 0.05) is 18.6 Å². The summed E-state index contributed by atoms with van der Waals surface area (Å²) >= 11 is 0. The van der Waals surface area contributed by atoms with Crippen molar-refractivity contribution in [2.75, 3.05) is 26.7 Å². The van der Waals surface area contributed by atoms with Crippen LogP contribution in [-0.4, -0.2) is 42.3 Å². The van der Waals surface area contributed by atoms with Gasteiger partial charge in [-0.1, -0.05) is 6.42 Å². The first kappa shape index (κ1) is 11.0. The molecule has 0 amide bonds. The topological polar surface area (TPSA) is 49.5 Å². The van der Waals surface area contributed by atoms with Crippen molar-refractivity contribution in [1.29, 1.82) is 0 Å². The molecule has 0 aromatic rings. The third kappa shape index (κ3) is 3.63. The van der Waals surface area contributed by atoms with Crippen LogP contribution in [0, 0.1) is 5.92 Å². The Morgan fingerprint density at radius 1 is 1.54 bits per heavy atom. The summed E-state index contributed by atoms with van der Waals surface area (Å²) < 4.78 is 0. The molecule has 13 heavy (non-hydrogen) atoms. The van der Waals surface area contributed by atoms with Gasteiger partial charge in [-0.05, 0) is 32.7 Å². The van der Waals surface area contributed by atoms with E-state index in [0.29, 0.717) is 0 Å². The molecule has 0 radical (unpaired) electrons. The number of aliphatic hydroxyl groups excluding tert-OH is 1. The second-order valence-electron chi connectivity index (χ2n) is 4.81. The molecule has 1 atom stereocenters. The van der Waals surface area contributed by atoms with Crippen LogP contribution in [0.5, 0.6) is 0 Å². The van der Waals surface area contributed by atoms with Gasteiger partial charge in [0.15, 0.2) is 0 Å². The lowest BCUT2D eigenvalue weighted by atomic mass is 9.85. The lowest BCUT2D eigenvalue weighted by Crippen LogP contribution is -2.50. The van der Waals surface area contributed by atoms with Gasteiger partial charge in [-0.15, -0.1) is 0 Å². The average molecular weight is 186 g/mol. The van der Waals surface area contributed by atoms with Gasteiger partial charge in [-0.2, -0.15) is 0 Å². The fraction of sp³-hybridized carbons (Fsp3) is 1.00. The molecule has 0 aliphatic heterocycles. The minimum absolute atomic E-state index is 0.0575. The maximum atomic E-state index is 9.00. The summed E-state index contributed by atoms with van der Waals surface area (Å²) in [5.41, 5.74) is 5.41. The van der Waals surface area contributed by atoms with Crippen molar-refractivity contribution in [1.82, 2.24) is 4.90 Å². The van der Waals surface area contributed by atoms with Crippen molar-refractivity contribution in [2.45, 2.75) is 31.7 Å². The Morgan fingerprint density at radius 2 is 2.15 bits per heavy atom. The summed E-state index contributed by atoms with van der Waals surface area (Å²) in [4.78, 5) is 2.24. The van der Waals surface area contributed by atoms with E-state index in [2.05, 4.69) is 11.9 Å². The van der Waals surface area contributed by atoms with E-state index in [1.54, 1.807) is 0 Å². The van der Waals surface area contributed by atoms with Crippen LogP contribution in [0.15, 0.2) is 0 Å². The molecule has 0 aromatic heterocycles. The van der Waals surface area contributed by atoms with Crippen LogP contribution >= 0.6 is 0 Å². The van der Waals surface area contributed by atoms with Crippen LogP contribution < -0.4 is 5.73 Å². The van der Waals surface area contributed by atoms with Crippen molar-refractivity contribution in [2.24, 2.45) is 11.7 Å². The molecule has 3 nitrogen and oxygen atoms in total. The van der Waals surface area contributed by atoms with Crippen molar-refractivity contribution in [3.63, 3.8) is 0 Å². The van der Waals surface area contributed by atoms with Crippen LogP contribution in [0.25, 0.3) is 0 Å². The molecular formula is C10H22N2O. The van der Waals surface area contributed by atoms with Crippen LogP contribution in [0.2, 0.25) is 0 Å². The zero-order chi connectivity index (χ0) is 9.90. The summed E-state index contributed by atoms with van der Waals surface area (Å²) in [7, 11) is 2.08. The summed E-state index contributed by atoms with van der Waals surface area (Å²) in [6.07, 6.45) is 4.12. The number of hydrogen-bond acceptors (Lipinski definition) is 3. The summed E-state index contributed by atoms with van der Waals surface area (Å²) in [5, 5.41) is 9.00. The van der Waals surface area contributed by atoms with E-state index in [-0.39, 0.29) is 6.61 Å². The van der Waals surface area contributed by atoms with Crippen LogP contribution in [-0.2, 0) is 0 Å². The van der Waals surface area contributed by atoms with E-state index >= 15 is 0 Å². The van der Waals surface area contributed by atoms with Crippen LogP contribution in [0.4, 0.5) is 0 Å². The van der Waals surface area contributed by atoms with E-state index in [9.17, 15) is 0 Å². The molecular weight excluding hydrogens is 164 g/mol. The first-order chi connectivity index (χ1) is 6.03. The first-order valence-electron chi connectivity index (χ1n) is 5.12. The second-order valence-corrected chi connectivity index (χ2v) is 4.81. The SMILES string of the molecule is CN(CC1CCC1)CC(C)(N)CO. The Bertz CT molecular complexity index is 155. The first-order valence-corrected chi connectivity index (χ1v) is 5.12. The van der Waals surface area contributed by atoms with Crippen LogP contribution in [0.1, 0.15) is 26.2 Å². The highest BCUT2D eigenvalue weighted by atomic mass is 16.3. The smallest absolute Gasteiger partial charge is 0.0621 e. The monoisotopic (exact) mass is 186 g/mol. The van der Waals surface area contributed by atoms with Gasteiger partial charge in [0.05, 0.1) is 6.61 Å². The molecule has 3 heteroatoms. The zero-order valence-electron chi connectivity index (χ0n) is 8.79. The number of nitrogens with two attached hydrogens (primary N) is 1. The highest BCUT2D eigenvalue weighted by Gasteiger charge is 2.23. The Balaban J connectivity index is 2.19. The summed E-state index contributed by atoms with van der Waals surface area (Å²) in [5.74, 6) is 0.875. The largest absolute Gasteiger partial charge is 0.394 e. The third-order valence-corrected chi connectivity index (χ3v) is 2.79. The van der Waals surface area contributed by atoms with Gasteiger partial charge in [0.25, 0.3) is 0 Å². The molecule has 0 heterocycles. The molecule has 78 valence electrons. The zero-order valence-corrected chi connectivity index (χ0v) is 8.79. The van der Waals surface area contributed by atoms with Crippen molar-refractivity contribution >= 4 is 0 Å². The maximum Gasteiger partial charge on any atom is 0.0621 e. The molecule has 1 aliphatic carbocycles. The van der Waals surface area contributed by atoms with Crippen molar-refractivity contribution in [3.05, 3.63) is 0 Å². The van der Waals surface area contributed by atoms with E-state index in [1.807, 2.05) is 6.92 Å². The molecule has 1 aliphatic rings. The molecule has 1 fully saturated rings. The normalized spacial score (nSPS) is 22.8. The molecule has 0 bridgehead atoms. The van der Waals surface area contributed by atoms with E-state index in [0.717, 1.165) is 19.0 Å². The molecule has 1 saturated carbocycles. The number of aliphatic hydroxyl groups is 1. The second kappa shape index (κ2) is 4.40. The summed E-state index contributed by atoms with van der Waals surface area (Å²) in [6.45, 7) is 3.86. The van der Waals surface area contributed by atoms with Gasteiger partial charge < -0.3 is 15.7 Å². The van der Waals surface area contributed by atoms with Crippen LogP contribution in [0.3, 0.4) is 0 Å². The predicted octanol–water partition coefficient (Wildman–Crippen LogP) is 0.428. The molecule has 0 aromatic carbocycles. The fourth-order valence-electron chi connectivity index (χ4n) is 1.85. The van der Waals surface area contributed by atoms with Gasteiger partial charge >= 0.3 is 0 Å². The Kier molecular flexibility index (Phi) is 3.71. The Hall–Kier alpha value is -0.120. The Morgan fingerprint density at radius 3 is 2.54 bits per heavy atom. The van der Waals surface area contributed by atoms with Gasteiger partial charge in [0.2, 0.25) is 0 Å². The predicted molar refractivity (Wildman–Crippen MR) is 54.5 cm³/mol. The number of hydrogen-bond donors (Lipinski definition) is 2. The lowest BCUT2D eigenvalue weighted by molar-refractivity contribution is 0.136. The summed E-state index contributed by atoms with van der Waals surface area (Å²) in [6, 6.07) is 0. The Labute approximate surface area is 80.9 Å². The molecule has 0 saturated heterocycles. The molecule has 3 N–H and O–H groups in total. The van der Waals surface area contributed by atoms with Gasteiger partial charge in [0.1, 0.15) is 0 Å². The lowest BCUT2D eigenvalue weighted by Gasteiger charge is -2.34. The highest BCUT2D eigenvalue weighted by Crippen LogP contribution is 2.26. The third-order valence-electron chi connectivity index (χ3n) is 2.79. The van der Waals surface area contributed by atoms with Crippen molar-refractivity contribution < 1.29 is 5.11 Å². The molecule has 0 spiro atoms. The number of nitrogens with zero attached hydrogens (tertiary/aromatic N) is 1. The minimum Gasteiger partial charge on any atom is -0.394 e. The van der Waals surface area contributed by atoms with Crippen molar-refractivity contribution in [3.8, 4) is 0 Å². The van der Waals surface area contributed by atoms with Gasteiger partial charge in [-0.25, -0.2) is 0 Å². The molecule has 1 rings (SSSR count). The fourth-order valence-corrected chi connectivity index (χ4v) is 1.85. The van der Waals surface area contributed by atoms with E-state index in [4.69, 9.17) is 10.8 Å². The molecule has 1 unspecified atom stereocenters. The number of likely N-dealkylation sites (N-methyl/N-ethyl adjacent to an activating group) is 1. The average Bonchev–Trinajstić information content (AvgIpc) is 1.96. The van der Waals surface area contributed by atoms with Gasteiger partial charge in [-0.3, -0.25) is 0 Å².